The standard InChI is InChI=1S/C19H20N4O2/c24-19(21-11-15-6-4-10-25-15)14-5-3-9-23(13-14)18-12-20-16-7-1-2-8-17(16)22-18/h1-2,4,6-8,10,12,14H,3,5,9,11,13H2,(H,21,24)/t14-/m1/s1. The van der Waals surface area contributed by atoms with Crippen molar-refractivity contribution in [2.75, 3.05) is 18.0 Å². The van der Waals surface area contributed by atoms with E-state index in [4.69, 9.17) is 9.40 Å². The van der Waals surface area contributed by atoms with Crippen molar-refractivity contribution in [1.29, 1.82) is 0 Å². The zero-order valence-corrected chi connectivity index (χ0v) is 13.9. The number of para-hydroxylation sites is 2. The molecule has 3 heterocycles. The Morgan fingerprint density at radius 1 is 1.24 bits per heavy atom. The molecule has 3 aromatic rings. The van der Waals surface area contributed by atoms with Crippen LogP contribution in [0.5, 0.6) is 0 Å². The van der Waals surface area contributed by atoms with Gasteiger partial charge in [-0.2, -0.15) is 0 Å². The van der Waals surface area contributed by atoms with Gasteiger partial charge in [-0.1, -0.05) is 12.1 Å². The third kappa shape index (κ3) is 3.47. The molecule has 25 heavy (non-hydrogen) atoms. The number of piperidine rings is 1. The van der Waals surface area contributed by atoms with Crippen LogP contribution in [-0.4, -0.2) is 29.0 Å². The number of carbonyl (C=O) groups is 1. The average Bonchev–Trinajstić information content (AvgIpc) is 3.19. The lowest BCUT2D eigenvalue weighted by atomic mass is 9.97. The Bertz CT molecular complexity index is 863. The van der Waals surface area contributed by atoms with Crippen molar-refractivity contribution < 1.29 is 9.21 Å². The van der Waals surface area contributed by atoms with E-state index < -0.39 is 0 Å². The van der Waals surface area contributed by atoms with Crippen molar-refractivity contribution in [2.24, 2.45) is 5.92 Å². The van der Waals surface area contributed by atoms with Crippen LogP contribution in [0.25, 0.3) is 11.0 Å². The monoisotopic (exact) mass is 336 g/mol. The molecule has 0 bridgehead atoms. The summed E-state index contributed by atoms with van der Waals surface area (Å²) >= 11 is 0. The van der Waals surface area contributed by atoms with E-state index >= 15 is 0 Å². The van der Waals surface area contributed by atoms with Gasteiger partial charge in [0.1, 0.15) is 11.6 Å². The molecular weight excluding hydrogens is 316 g/mol. The average molecular weight is 336 g/mol. The number of furan rings is 1. The topological polar surface area (TPSA) is 71.3 Å². The Morgan fingerprint density at radius 2 is 2.12 bits per heavy atom. The van der Waals surface area contributed by atoms with Gasteiger partial charge in [0.25, 0.3) is 0 Å². The number of nitrogens with one attached hydrogen (secondary N) is 1. The summed E-state index contributed by atoms with van der Waals surface area (Å²) in [6, 6.07) is 11.5. The van der Waals surface area contributed by atoms with Crippen molar-refractivity contribution in [3.63, 3.8) is 0 Å². The van der Waals surface area contributed by atoms with Crippen molar-refractivity contribution in [3.05, 3.63) is 54.6 Å². The first-order valence-corrected chi connectivity index (χ1v) is 8.56. The van der Waals surface area contributed by atoms with Gasteiger partial charge in [-0.3, -0.25) is 9.78 Å². The molecule has 4 rings (SSSR count). The highest BCUT2D eigenvalue weighted by Gasteiger charge is 2.26. The third-order valence-electron chi connectivity index (χ3n) is 4.57. The molecule has 0 unspecified atom stereocenters. The van der Waals surface area contributed by atoms with Crippen LogP contribution in [-0.2, 0) is 11.3 Å². The molecule has 6 heteroatoms. The minimum Gasteiger partial charge on any atom is -0.467 e. The Labute approximate surface area is 145 Å². The van der Waals surface area contributed by atoms with Crippen LogP contribution in [0, 0.1) is 5.92 Å². The molecule has 0 saturated carbocycles. The molecule has 1 aromatic carbocycles. The van der Waals surface area contributed by atoms with E-state index in [1.165, 1.54) is 0 Å². The lowest BCUT2D eigenvalue weighted by molar-refractivity contribution is -0.125. The Balaban J connectivity index is 1.43. The van der Waals surface area contributed by atoms with Crippen LogP contribution in [0.4, 0.5) is 5.82 Å². The molecule has 0 radical (unpaired) electrons. The summed E-state index contributed by atoms with van der Waals surface area (Å²) in [4.78, 5) is 23.8. The zero-order valence-electron chi connectivity index (χ0n) is 13.9. The number of nitrogens with zero attached hydrogens (tertiary/aromatic N) is 3. The maximum absolute atomic E-state index is 12.5. The fraction of sp³-hybridized carbons (Fsp3) is 0.316. The number of carbonyl (C=O) groups excluding carboxylic acids is 1. The maximum Gasteiger partial charge on any atom is 0.225 e. The smallest absolute Gasteiger partial charge is 0.225 e. The SMILES string of the molecule is O=C(NCc1ccco1)[C@@H]1CCCN(c2cnc3ccccc3n2)C1. The molecule has 1 atom stereocenters. The van der Waals surface area contributed by atoms with E-state index in [1.807, 2.05) is 36.4 Å². The van der Waals surface area contributed by atoms with E-state index in [9.17, 15) is 4.79 Å². The van der Waals surface area contributed by atoms with Crippen molar-refractivity contribution in [3.8, 4) is 0 Å². The molecule has 1 aliphatic heterocycles. The molecule has 6 nitrogen and oxygen atoms in total. The summed E-state index contributed by atoms with van der Waals surface area (Å²) in [5.74, 6) is 1.62. The van der Waals surface area contributed by atoms with Crippen LogP contribution >= 0.6 is 0 Å². The summed E-state index contributed by atoms with van der Waals surface area (Å²) in [6.45, 7) is 1.99. The number of hydrogen-bond acceptors (Lipinski definition) is 5. The minimum atomic E-state index is -0.0445. The van der Waals surface area contributed by atoms with Gasteiger partial charge >= 0.3 is 0 Å². The number of anilines is 1. The molecule has 128 valence electrons. The van der Waals surface area contributed by atoms with E-state index in [1.54, 1.807) is 12.5 Å². The normalized spacial score (nSPS) is 17.6. The highest BCUT2D eigenvalue weighted by atomic mass is 16.3. The molecule has 1 fully saturated rings. The second-order valence-electron chi connectivity index (χ2n) is 6.30. The number of fused-ring (bicyclic) bond motifs is 1. The molecule has 0 spiro atoms. The Morgan fingerprint density at radius 3 is 2.96 bits per heavy atom. The largest absolute Gasteiger partial charge is 0.467 e. The fourth-order valence-corrected chi connectivity index (χ4v) is 3.23. The Kier molecular flexibility index (Phi) is 4.33. The molecule has 1 aliphatic rings. The molecule has 1 N–H and O–H groups in total. The van der Waals surface area contributed by atoms with Crippen molar-refractivity contribution in [2.45, 2.75) is 19.4 Å². The van der Waals surface area contributed by atoms with Crippen LogP contribution < -0.4 is 10.2 Å². The first-order chi connectivity index (χ1) is 12.3. The predicted octanol–water partition coefficient (Wildman–Crippen LogP) is 2.76. The number of benzene rings is 1. The molecular formula is C19H20N4O2. The second-order valence-corrected chi connectivity index (χ2v) is 6.30. The molecule has 0 aliphatic carbocycles. The third-order valence-corrected chi connectivity index (χ3v) is 4.57. The van der Waals surface area contributed by atoms with Gasteiger partial charge < -0.3 is 14.6 Å². The lowest BCUT2D eigenvalue weighted by Gasteiger charge is -2.32. The number of amides is 1. The molecule has 1 saturated heterocycles. The van der Waals surface area contributed by atoms with Gasteiger partial charge in [-0.25, -0.2) is 4.98 Å². The summed E-state index contributed by atoms with van der Waals surface area (Å²) < 4.78 is 5.26. The lowest BCUT2D eigenvalue weighted by Crippen LogP contribution is -2.43. The fourth-order valence-electron chi connectivity index (χ4n) is 3.23. The maximum atomic E-state index is 12.5. The first-order valence-electron chi connectivity index (χ1n) is 8.56. The van der Waals surface area contributed by atoms with E-state index in [-0.39, 0.29) is 11.8 Å². The van der Waals surface area contributed by atoms with Crippen LogP contribution in [0.3, 0.4) is 0 Å². The minimum absolute atomic E-state index is 0.0445. The highest BCUT2D eigenvalue weighted by Crippen LogP contribution is 2.23. The summed E-state index contributed by atoms with van der Waals surface area (Å²) in [5, 5.41) is 2.96. The molecule has 1 amide bonds. The summed E-state index contributed by atoms with van der Waals surface area (Å²) in [5.41, 5.74) is 1.76. The van der Waals surface area contributed by atoms with Crippen LogP contribution in [0.1, 0.15) is 18.6 Å². The number of hydrogen-bond donors (Lipinski definition) is 1. The second kappa shape index (κ2) is 6.93. The molecule has 2 aromatic heterocycles. The van der Waals surface area contributed by atoms with Gasteiger partial charge in [0.05, 0.1) is 36.0 Å². The van der Waals surface area contributed by atoms with E-state index in [2.05, 4.69) is 15.2 Å². The van der Waals surface area contributed by atoms with Gasteiger partial charge in [0.2, 0.25) is 5.91 Å². The van der Waals surface area contributed by atoms with Crippen LogP contribution in [0.2, 0.25) is 0 Å². The summed E-state index contributed by atoms with van der Waals surface area (Å²) in [7, 11) is 0. The first kappa shape index (κ1) is 15.6. The van der Waals surface area contributed by atoms with Crippen molar-refractivity contribution in [1.82, 2.24) is 15.3 Å². The van der Waals surface area contributed by atoms with Gasteiger partial charge in [0, 0.05) is 13.1 Å². The number of aromatic nitrogens is 2. The Hall–Kier alpha value is -2.89. The van der Waals surface area contributed by atoms with Gasteiger partial charge in [-0.05, 0) is 37.1 Å². The van der Waals surface area contributed by atoms with E-state index in [0.717, 1.165) is 42.0 Å². The summed E-state index contributed by atoms with van der Waals surface area (Å²) in [6.07, 6.45) is 5.27. The van der Waals surface area contributed by atoms with Crippen LogP contribution in [0.15, 0.2) is 53.3 Å². The number of rotatable bonds is 4. The van der Waals surface area contributed by atoms with Crippen molar-refractivity contribution >= 4 is 22.8 Å². The quantitative estimate of drug-likeness (QED) is 0.793. The predicted molar refractivity (Wildman–Crippen MR) is 95.0 cm³/mol. The highest BCUT2D eigenvalue weighted by molar-refractivity contribution is 5.80. The zero-order chi connectivity index (χ0) is 17.1. The van der Waals surface area contributed by atoms with E-state index in [0.29, 0.717) is 13.1 Å². The van der Waals surface area contributed by atoms with Gasteiger partial charge in [0.15, 0.2) is 0 Å². The van der Waals surface area contributed by atoms with Gasteiger partial charge in [-0.15, -0.1) is 0 Å².